The van der Waals surface area contributed by atoms with Crippen molar-refractivity contribution in [1.82, 2.24) is 19.7 Å². The third-order valence-corrected chi connectivity index (χ3v) is 8.75. The van der Waals surface area contributed by atoms with E-state index in [1.54, 1.807) is 22.7 Å². The van der Waals surface area contributed by atoms with Gasteiger partial charge in [0.2, 0.25) is 5.91 Å². The Morgan fingerprint density at radius 3 is 2.62 bits per heavy atom. The van der Waals surface area contributed by atoms with Gasteiger partial charge in [0.15, 0.2) is 11.0 Å². The number of nitrogens with zero attached hydrogens (tertiary/aromatic N) is 4. The fourth-order valence-electron chi connectivity index (χ4n) is 3.59. The van der Waals surface area contributed by atoms with E-state index in [-0.39, 0.29) is 11.7 Å². The SMILES string of the molecule is Cc1ccc2nc(-c3ccc(NC(=O)CSc4nnc(-c5csc(C)c5C)n4C)cc3)sc2c1. The topological polar surface area (TPSA) is 72.7 Å². The van der Waals surface area contributed by atoms with Crippen LogP contribution in [0.1, 0.15) is 16.0 Å². The van der Waals surface area contributed by atoms with Crippen molar-refractivity contribution in [3.05, 3.63) is 63.8 Å². The molecule has 5 aromatic rings. The maximum Gasteiger partial charge on any atom is 0.234 e. The van der Waals surface area contributed by atoms with E-state index in [1.807, 2.05) is 35.9 Å². The summed E-state index contributed by atoms with van der Waals surface area (Å²) >= 11 is 4.76. The van der Waals surface area contributed by atoms with Gasteiger partial charge in [-0.25, -0.2) is 4.98 Å². The number of benzene rings is 2. The summed E-state index contributed by atoms with van der Waals surface area (Å²) in [6.45, 7) is 6.29. The number of nitrogens with one attached hydrogen (secondary N) is 1. The molecule has 0 aliphatic rings. The molecular weight excluding hydrogens is 483 g/mol. The molecule has 1 amide bonds. The Hall–Kier alpha value is -3.01. The van der Waals surface area contributed by atoms with E-state index < -0.39 is 0 Å². The Labute approximate surface area is 210 Å². The van der Waals surface area contributed by atoms with Gasteiger partial charge in [0.05, 0.1) is 16.0 Å². The summed E-state index contributed by atoms with van der Waals surface area (Å²) in [5.41, 5.74) is 6.35. The highest BCUT2D eigenvalue weighted by Gasteiger charge is 2.16. The van der Waals surface area contributed by atoms with E-state index in [0.29, 0.717) is 0 Å². The molecule has 0 fully saturated rings. The zero-order valence-corrected chi connectivity index (χ0v) is 21.7. The quantitative estimate of drug-likeness (QED) is 0.268. The zero-order valence-electron chi connectivity index (χ0n) is 19.2. The van der Waals surface area contributed by atoms with Gasteiger partial charge in [-0.15, -0.1) is 32.9 Å². The van der Waals surface area contributed by atoms with Crippen LogP contribution < -0.4 is 5.32 Å². The number of thiophene rings is 1. The average molecular weight is 506 g/mol. The van der Waals surface area contributed by atoms with Crippen molar-refractivity contribution in [1.29, 1.82) is 0 Å². The highest BCUT2D eigenvalue weighted by atomic mass is 32.2. The molecule has 0 aliphatic carbocycles. The smallest absolute Gasteiger partial charge is 0.234 e. The molecule has 5 rings (SSSR count). The number of aryl methyl sites for hydroxylation is 2. The van der Waals surface area contributed by atoms with Crippen LogP contribution >= 0.6 is 34.4 Å². The standard InChI is InChI=1S/C25H23N5OS3/c1-14-5-10-20-21(11-14)34-24(27-20)17-6-8-18(9-7-17)26-22(31)13-33-25-29-28-23(30(25)4)19-12-32-16(3)15(19)2/h5-12H,13H2,1-4H3,(H,26,31). The largest absolute Gasteiger partial charge is 0.325 e. The van der Waals surface area contributed by atoms with E-state index in [1.165, 1.54) is 32.5 Å². The Kier molecular flexibility index (Phi) is 6.24. The maximum absolute atomic E-state index is 12.5. The van der Waals surface area contributed by atoms with Crippen molar-refractivity contribution in [2.24, 2.45) is 7.05 Å². The second-order valence-electron chi connectivity index (χ2n) is 8.10. The van der Waals surface area contributed by atoms with Crippen LogP contribution in [-0.4, -0.2) is 31.4 Å². The summed E-state index contributed by atoms with van der Waals surface area (Å²) in [6.07, 6.45) is 0. The monoisotopic (exact) mass is 505 g/mol. The number of anilines is 1. The lowest BCUT2D eigenvalue weighted by Gasteiger charge is -2.06. The first-order valence-electron chi connectivity index (χ1n) is 10.7. The molecule has 3 aromatic heterocycles. The molecule has 0 atom stereocenters. The number of hydrogen-bond donors (Lipinski definition) is 1. The molecule has 0 radical (unpaired) electrons. The first-order valence-corrected chi connectivity index (χ1v) is 13.4. The van der Waals surface area contributed by atoms with Crippen molar-refractivity contribution in [3.8, 4) is 22.0 Å². The number of aromatic nitrogens is 4. The summed E-state index contributed by atoms with van der Waals surface area (Å²) < 4.78 is 3.13. The first kappa shape index (κ1) is 22.8. The van der Waals surface area contributed by atoms with Crippen LogP contribution in [-0.2, 0) is 11.8 Å². The lowest BCUT2D eigenvalue weighted by molar-refractivity contribution is -0.113. The van der Waals surface area contributed by atoms with Crippen LogP contribution in [0, 0.1) is 20.8 Å². The molecule has 2 aromatic carbocycles. The highest BCUT2D eigenvalue weighted by molar-refractivity contribution is 7.99. The molecule has 6 nitrogen and oxygen atoms in total. The molecule has 34 heavy (non-hydrogen) atoms. The molecule has 1 N–H and O–H groups in total. The number of carbonyl (C=O) groups is 1. The van der Waals surface area contributed by atoms with E-state index in [2.05, 4.69) is 59.9 Å². The van der Waals surface area contributed by atoms with Crippen LogP contribution in [0.15, 0.2) is 53.0 Å². The van der Waals surface area contributed by atoms with Crippen LogP contribution in [0.5, 0.6) is 0 Å². The van der Waals surface area contributed by atoms with Gasteiger partial charge in [-0.05, 0) is 68.3 Å². The van der Waals surface area contributed by atoms with Crippen molar-refractivity contribution >= 4 is 56.2 Å². The predicted octanol–water partition coefficient (Wildman–Crippen LogP) is 6.48. The van der Waals surface area contributed by atoms with Crippen molar-refractivity contribution in [3.63, 3.8) is 0 Å². The number of hydrogen-bond acceptors (Lipinski definition) is 7. The number of thiazole rings is 1. The van der Waals surface area contributed by atoms with Crippen molar-refractivity contribution in [2.45, 2.75) is 25.9 Å². The van der Waals surface area contributed by atoms with Gasteiger partial charge in [-0.3, -0.25) is 4.79 Å². The molecule has 3 heterocycles. The molecule has 0 aliphatic heterocycles. The lowest BCUT2D eigenvalue weighted by Crippen LogP contribution is -2.14. The van der Waals surface area contributed by atoms with Crippen molar-refractivity contribution in [2.75, 3.05) is 11.1 Å². The number of amides is 1. The van der Waals surface area contributed by atoms with E-state index in [4.69, 9.17) is 4.98 Å². The first-order chi connectivity index (χ1) is 16.4. The van der Waals surface area contributed by atoms with Gasteiger partial charge in [0.25, 0.3) is 0 Å². The fraction of sp³-hybridized carbons (Fsp3) is 0.200. The van der Waals surface area contributed by atoms with E-state index in [9.17, 15) is 4.79 Å². The Morgan fingerprint density at radius 1 is 1.09 bits per heavy atom. The van der Waals surface area contributed by atoms with Gasteiger partial charge in [-0.1, -0.05) is 17.8 Å². The lowest BCUT2D eigenvalue weighted by atomic mass is 10.2. The minimum Gasteiger partial charge on any atom is -0.325 e. The minimum atomic E-state index is -0.0830. The van der Waals surface area contributed by atoms with Crippen molar-refractivity contribution < 1.29 is 4.79 Å². The Morgan fingerprint density at radius 2 is 1.88 bits per heavy atom. The van der Waals surface area contributed by atoms with Crippen LogP contribution in [0.4, 0.5) is 5.69 Å². The zero-order chi connectivity index (χ0) is 23.8. The maximum atomic E-state index is 12.5. The molecule has 0 unspecified atom stereocenters. The third kappa shape index (κ3) is 4.51. The second-order valence-corrected chi connectivity index (χ2v) is 11.2. The van der Waals surface area contributed by atoms with Gasteiger partial charge in [0.1, 0.15) is 5.01 Å². The number of carbonyl (C=O) groups excluding carboxylic acids is 1. The molecule has 0 bridgehead atoms. The summed E-state index contributed by atoms with van der Waals surface area (Å²) in [6, 6.07) is 14.1. The van der Waals surface area contributed by atoms with Gasteiger partial charge in [0, 0.05) is 34.1 Å². The van der Waals surface area contributed by atoms with Gasteiger partial charge in [-0.2, -0.15) is 0 Å². The summed E-state index contributed by atoms with van der Waals surface area (Å²) in [4.78, 5) is 18.5. The van der Waals surface area contributed by atoms with Crippen LogP contribution in [0.3, 0.4) is 0 Å². The minimum absolute atomic E-state index is 0.0830. The number of fused-ring (bicyclic) bond motifs is 1. The summed E-state index contributed by atoms with van der Waals surface area (Å²) in [5.74, 6) is 0.998. The fourth-order valence-corrected chi connectivity index (χ4v) is 6.23. The van der Waals surface area contributed by atoms with Gasteiger partial charge < -0.3 is 9.88 Å². The second kappa shape index (κ2) is 9.32. The number of thioether (sulfide) groups is 1. The molecule has 0 saturated carbocycles. The predicted molar refractivity (Wildman–Crippen MR) is 143 cm³/mol. The Bertz CT molecular complexity index is 1500. The van der Waals surface area contributed by atoms with Crippen LogP contribution in [0.25, 0.3) is 32.2 Å². The normalized spacial score (nSPS) is 11.3. The van der Waals surface area contributed by atoms with Gasteiger partial charge >= 0.3 is 0 Å². The molecule has 172 valence electrons. The van der Waals surface area contributed by atoms with E-state index in [0.717, 1.165) is 38.3 Å². The molecule has 9 heteroatoms. The number of rotatable bonds is 6. The molecule has 0 spiro atoms. The molecule has 0 saturated heterocycles. The van der Waals surface area contributed by atoms with E-state index >= 15 is 0 Å². The summed E-state index contributed by atoms with van der Waals surface area (Å²) in [7, 11) is 1.93. The third-order valence-electron chi connectivity index (χ3n) is 5.65. The molecular formula is C25H23N5OS3. The summed E-state index contributed by atoms with van der Waals surface area (Å²) in [5, 5.41) is 15.4. The Balaban J connectivity index is 1.22. The highest BCUT2D eigenvalue weighted by Crippen LogP contribution is 2.32. The average Bonchev–Trinajstić information content (AvgIpc) is 3.50. The van der Waals surface area contributed by atoms with Crippen LogP contribution in [0.2, 0.25) is 0 Å².